The maximum Gasteiger partial charge on any atom is 0.353 e. The Kier molecular flexibility index (Phi) is 1.89. The lowest BCUT2D eigenvalue weighted by molar-refractivity contribution is -0.124. The van der Waals surface area contributed by atoms with Gasteiger partial charge in [0.05, 0.1) is 0 Å². The standard InChI is InChI=1S/C6H8O3S/c1-3(7)5-4(2)8-6(10)9-5/h4-5H,1-2H3/t4-,5-/m1/s1. The van der Waals surface area contributed by atoms with Gasteiger partial charge in [-0.15, -0.1) is 0 Å². The number of ether oxygens (including phenoxy) is 2. The van der Waals surface area contributed by atoms with Gasteiger partial charge in [-0.2, -0.15) is 0 Å². The molecule has 0 aromatic heterocycles. The summed E-state index contributed by atoms with van der Waals surface area (Å²) in [4.78, 5) is 10.7. The van der Waals surface area contributed by atoms with Crippen molar-refractivity contribution in [2.75, 3.05) is 0 Å². The molecule has 4 heteroatoms. The van der Waals surface area contributed by atoms with Crippen LogP contribution < -0.4 is 0 Å². The molecule has 1 heterocycles. The Morgan fingerprint density at radius 2 is 2.20 bits per heavy atom. The molecule has 1 saturated heterocycles. The fourth-order valence-electron chi connectivity index (χ4n) is 0.854. The van der Waals surface area contributed by atoms with Gasteiger partial charge in [-0.1, -0.05) is 0 Å². The molecule has 56 valence electrons. The smallest absolute Gasteiger partial charge is 0.353 e. The van der Waals surface area contributed by atoms with E-state index in [0.29, 0.717) is 0 Å². The van der Waals surface area contributed by atoms with Crippen LogP contribution in [0, 0.1) is 0 Å². The largest absolute Gasteiger partial charge is 0.449 e. The molecule has 3 nitrogen and oxygen atoms in total. The molecule has 2 atom stereocenters. The second-order valence-corrected chi connectivity index (χ2v) is 2.56. The Bertz CT molecular complexity index is 178. The van der Waals surface area contributed by atoms with E-state index in [-0.39, 0.29) is 17.1 Å². The van der Waals surface area contributed by atoms with E-state index < -0.39 is 6.10 Å². The van der Waals surface area contributed by atoms with Gasteiger partial charge in [-0.05, 0) is 13.8 Å². The summed E-state index contributed by atoms with van der Waals surface area (Å²) in [6.45, 7) is 3.21. The second kappa shape index (κ2) is 2.54. The molecular weight excluding hydrogens is 152 g/mol. The van der Waals surface area contributed by atoms with E-state index >= 15 is 0 Å². The Labute approximate surface area is 64.3 Å². The molecule has 0 unspecified atom stereocenters. The molecule has 1 fully saturated rings. The molecule has 0 N–H and O–H groups in total. The second-order valence-electron chi connectivity index (χ2n) is 2.22. The van der Waals surface area contributed by atoms with Gasteiger partial charge >= 0.3 is 5.24 Å². The number of carbonyl (C=O) groups is 1. The van der Waals surface area contributed by atoms with Crippen molar-refractivity contribution in [3.8, 4) is 0 Å². The summed E-state index contributed by atoms with van der Waals surface area (Å²) >= 11 is 4.60. The fraction of sp³-hybridized carbons (Fsp3) is 0.667. The van der Waals surface area contributed by atoms with Crippen molar-refractivity contribution in [3.05, 3.63) is 0 Å². The molecule has 0 aromatic rings. The van der Waals surface area contributed by atoms with Crippen LogP contribution in [-0.2, 0) is 14.3 Å². The number of rotatable bonds is 1. The normalized spacial score (nSPS) is 31.2. The summed E-state index contributed by atoms with van der Waals surface area (Å²) in [6.07, 6.45) is -0.725. The van der Waals surface area contributed by atoms with Gasteiger partial charge in [-0.25, -0.2) is 0 Å². The minimum absolute atomic E-state index is 0.0487. The minimum atomic E-state index is -0.493. The molecule has 0 saturated carbocycles. The van der Waals surface area contributed by atoms with Gasteiger partial charge in [-0.3, -0.25) is 4.79 Å². The van der Waals surface area contributed by atoms with Crippen molar-refractivity contribution in [2.24, 2.45) is 0 Å². The topological polar surface area (TPSA) is 35.5 Å². The van der Waals surface area contributed by atoms with Gasteiger partial charge in [0.15, 0.2) is 11.9 Å². The lowest BCUT2D eigenvalue weighted by Gasteiger charge is -2.05. The third kappa shape index (κ3) is 1.26. The van der Waals surface area contributed by atoms with E-state index in [2.05, 4.69) is 12.2 Å². The van der Waals surface area contributed by atoms with Gasteiger partial charge in [0.25, 0.3) is 0 Å². The Morgan fingerprint density at radius 3 is 2.40 bits per heavy atom. The average Bonchev–Trinajstić information content (AvgIpc) is 2.10. The first-order valence-electron chi connectivity index (χ1n) is 2.99. The van der Waals surface area contributed by atoms with Crippen molar-refractivity contribution in [1.82, 2.24) is 0 Å². The first-order valence-corrected chi connectivity index (χ1v) is 3.40. The van der Waals surface area contributed by atoms with E-state index in [1.165, 1.54) is 6.92 Å². The van der Waals surface area contributed by atoms with Gasteiger partial charge in [0.2, 0.25) is 0 Å². The van der Waals surface area contributed by atoms with E-state index in [9.17, 15) is 4.79 Å². The van der Waals surface area contributed by atoms with Crippen LogP contribution in [0.25, 0.3) is 0 Å². The first kappa shape index (κ1) is 7.47. The summed E-state index contributed by atoms with van der Waals surface area (Å²) in [5.74, 6) is -0.0487. The predicted octanol–water partition coefficient (Wildman–Crippen LogP) is 0.664. The van der Waals surface area contributed by atoms with E-state index in [1.807, 2.05) is 0 Å². The van der Waals surface area contributed by atoms with Gasteiger partial charge < -0.3 is 9.47 Å². The minimum Gasteiger partial charge on any atom is -0.449 e. The molecule has 0 aliphatic carbocycles. The molecule has 0 spiro atoms. The highest BCUT2D eigenvalue weighted by Gasteiger charge is 2.33. The molecule has 1 aliphatic heterocycles. The summed E-state index contributed by atoms with van der Waals surface area (Å²) in [6, 6.07) is 0. The summed E-state index contributed by atoms with van der Waals surface area (Å²) in [5, 5.41) is 0.0766. The van der Waals surface area contributed by atoms with Crippen LogP contribution in [0.4, 0.5) is 0 Å². The van der Waals surface area contributed by atoms with Crippen molar-refractivity contribution in [2.45, 2.75) is 26.1 Å². The highest BCUT2D eigenvalue weighted by molar-refractivity contribution is 7.79. The zero-order valence-corrected chi connectivity index (χ0v) is 6.60. The van der Waals surface area contributed by atoms with Crippen LogP contribution >= 0.6 is 12.2 Å². The highest BCUT2D eigenvalue weighted by Crippen LogP contribution is 2.15. The Morgan fingerprint density at radius 1 is 1.60 bits per heavy atom. The van der Waals surface area contributed by atoms with E-state index in [1.54, 1.807) is 6.92 Å². The molecule has 0 aromatic carbocycles. The van der Waals surface area contributed by atoms with Crippen LogP contribution in [0.1, 0.15) is 13.8 Å². The lowest BCUT2D eigenvalue weighted by atomic mass is 10.2. The summed E-state index contributed by atoms with van der Waals surface area (Å²) in [5.41, 5.74) is 0. The number of carbonyl (C=O) groups excluding carboxylic acids is 1. The maximum absolute atomic E-state index is 10.7. The highest BCUT2D eigenvalue weighted by atomic mass is 32.1. The summed E-state index contributed by atoms with van der Waals surface area (Å²) in [7, 11) is 0. The third-order valence-corrected chi connectivity index (χ3v) is 1.52. The Balaban J connectivity index is 2.63. The molecule has 0 radical (unpaired) electrons. The van der Waals surface area contributed by atoms with Crippen molar-refractivity contribution < 1.29 is 14.3 Å². The number of Topliss-reactive ketones (excluding diaryl/α,β-unsaturated/α-hetero) is 1. The monoisotopic (exact) mass is 160 g/mol. The Hall–Kier alpha value is -0.640. The number of hydrogen-bond acceptors (Lipinski definition) is 4. The van der Waals surface area contributed by atoms with Crippen molar-refractivity contribution in [3.63, 3.8) is 0 Å². The number of hydrogen-bond donors (Lipinski definition) is 0. The molecule has 10 heavy (non-hydrogen) atoms. The molecule has 0 bridgehead atoms. The molecular formula is C6H8O3S. The van der Waals surface area contributed by atoms with Gasteiger partial charge in [0, 0.05) is 12.2 Å². The van der Waals surface area contributed by atoms with Crippen LogP contribution in [0.5, 0.6) is 0 Å². The van der Waals surface area contributed by atoms with E-state index in [0.717, 1.165) is 0 Å². The van der Waals surface area contributed by atoms with Gasteiger partial charge in [0.1, 0.15) is 6.10 Å². The lowest BCUT2D eigenvalue weighted by Crippen LogP contribution is -2.26. The molecule has 1 rings (SSSR count). The fourth-order valence-corrected chi connectivity index (χ4v) is 1.11. The zero-order valence-electron chi connectivity index (χ0n) is 5.79. The van der Waals surface area contributed by atoms with Crippen LogP contribution in [-0.4, -0.2) is 23.2 Å². The zero-order chi connectivity index (χ0) is 7.72. The van der Waals surface area contributed by atoms with Crippen molar-refractivity contribution >= 4 is 23.2 Å². The maximum atomic E-state index is 10.7. The SMILES string of the molecule is CC(=O)[C@H]1OC(=S)O[C@@H]1C. The summed E-state index contributed by atoms with van der Waals surface area (Å²) < 4.78 is 9.82. The number of thiocarbonyl (C=S) groups is 1. The van der Waals surface area contributed by atoms with Crippen LogP contribution in [0.15, 0.2) is 0 Å². The third-order valence-electron chi connectivity index (χ3n) is 1.33. The predicted molar refractivity (Wildman–Crippen MR) is 38.7 cm³/mol. The van der Waals surface area contributed by atoms with Crippen LogP contribution in [0.3, 0.4) is 0 Å². The quantitative estimate of drug-likeness (QED) is 0.528. The molecule has 1 aliphatic rings. The van der Waals surface area contributed by atoms with Crippen molar-refractivity contribution in [1.29, 1.82) is 0 Å². The van der Waals surface area contributed by atoms with E-state index in [4.69, 9.17) is 9.47 Å². The molecule has 0 amide bonds. The number of ketones is 1. The average molecular weight is 160 g/mol. The van der Waals surface area contributed by atoms with Crippen LogP contribution in [0.2, 0.25) is 0 Å². The first-order chi connectivity index (χ1) is 4.61.